The first-order chi connectivity index (χ1) is 6.79. The van der Waals surface area contributed by atoms with E-state index in [-0.39, 0.29) is 6.61 Å². The summed E-state index contributed by atoms with van der Waals surface area (Å²) in [5.41, 5.74) is 2.69. The van der Waals surface area contributed by atoms with Crippen molar-refractivity contribution in [1.29, 1.82) is 0 Å². The zero-order chi connectivity index (χ0) is 9.97. The fraction of sp³-hybridized carbons (Fsp3) is 0.200. The highest BCUT2D eigenvalue weighted by atomic mass is 32.1. The van der Waals surface area contributed by atoms with Gasteiger partial charge in [-0.3, -0.25) is 4.98 Å². The summed E-state index contributed by atoms with van der Waals surface area (Å²) in [7, 11) is 0. The molecule has 0 spiro atoms. The summed E-state index contributed by atoms with van der Waals surface area (Å²) >= 11 is 1.50. The van der Waals surface area contributed by atoms with Crippen LogP contribution in [0.15, 0.2) is 23.7 Å². The Morgan fingerprint density at radius 1 is 1.43 bits per heavy atom. The zero-order valence-corrected chi connectivity index (χ0v) is 8.58. The van der Waals surface area contributed by atoms with E-state index in [4.69, 9.17) is 5.11 Å². The van der Waals surface area contributed by atoms with Crippen LogP contribution in [0.2, 0.25) is 0 Å². The maximum atomic E-state index is 8.87. The van der Waals surface area contributed by atoms with Gasteiger partial charge in [0.1, 0.15) is 5.01 Å². The van der Waals surface area contributed by atoms with Crippen LogP contribution in [-0.2, 0) is 6.61 Å². The lowest BCUT2D eigenvalue weighted by molar-refractivity contribution is 0.278. The number of nitrogens with zero attached hydrogens (tertiary/aromatic N) is 2. The molecule has 1 N–H and O–H groups in total. The van der Waals surface area contributed by atoms with Crippen molar-refractivity contribution < 1.29 is 5.11 Å². The van der Waals surface area contributed by atoms with Crippen LogP contribution in [0.4, 0.5) is 0 Å². The summed E-state index contributed by atoms with van der Waals surface area (Å²) in [6.07, 6.45) is 1.81. The van der Waals surface area contributed by atoms with Crippen molar-refractivity contribution in [2.45, 2.75) is 13.5 Å². The molecule has 0 radical (unpaired) electrons. The van der Waals surface area contributed by atoms with Crippen LogP contribution in [0.1, 0.15) is 11.3 Å². The Hall–Kier alpha value is -1.26. The lowest BCUT2D eigenvalue weighted by Crippen LogP contribution is -1.85. The zero-order valence-electron chi connectivity index (χ0n) is 7.77. The van der Waals surface area contributed by atoms with Gasteiger partial charge in [-0.15, -0.1) is 11.3 Å². The van der Waals surface area contributed by atoms with Gasteiger partial charge in [-0.25, -0.2) is 4.98 Å². The molecule has 0 saturated heterocycles. The molecule has 2 aromatic rings. The highest BCUT2D eigenvalue weighted by Crippen LogP contribution is 2.21. The van der Waals surface area contributed by atoms with Crippen molar-refractivity contribution in [2.75, 3.05) is 0 Å². The predicted molar refractivity (Wildman–Crippen MR) is 56.0 cm³/mol. The number of aliphatic hydroxyl groups is 1. The van der Waals surface area contributed by atoms with Crippen LogP contribution in [-0.4, -0.2) is 15.1 Å². The smallest absolute Gasteiger partial charge is 0.142 e. The minimum atomic E-state index is -0.0115. The van der Waals surface area contributed by atoms with Gasteiger partial charge in [-0.1, -0.05) is 6.07 Å². The van der Waals surface area contributed by atoms with Crippen LogP contribution < -0.4 is 0 Å². The first kappa shape index (κ1) is 9.30. The van der Waals surface area contributed by atoms with E-state index in [9.17, 15) is 0 Å². The number of thiazole rings is 1. The lowest BCUT2D eigenvalue weighted by atomic mass is 10.3. The van der Waals surface area contributed by atoms with E-state index in [1.165, 1.54) is 11.3 Å². The molecule has 0 bridgehead atoms. The molecule has 2 aromatic heterocycles. The Kier molecular flexibility index (Phi) is 2.56. The molecule has 0 amide bonds. The van der Waals surface area contributed by atoms with Gasteiger partial charge in [0.15, 0.2) is 0 Å². The minimum absolute atomic E-state index is 0.0115. The maximum Gasteiger partial charge on any atom is 0.142 e. The first-order valence-electron chi connectivity index (χ1n) is 4.28. The number of aliphatic hydroxyl groups excluding tert-OH is 1. The standard InChI is InChI=1S/C10H10N2OS/c1-7-2-3-9(11-4-7)10-12-8(5-13)6-14-10/h2-4,6,13H,5H2,1H3. The Balaban J connectivity index is 2.34. The average Bonchev–Trinajstić information content (AvgIpc) is 2.67. The minimum Gasteiger partial charge on any atom is -0.390 e. The summed E-state index contributed by atoms with van der Waals surface area (Å²) in [5, 5.41) is 11.6. The molecule has 14 heavy (non-hydrogen) atoms. The molecule has 72 valence electrons. The third-order valence-corrected chi connectivity index (χ3v) is 2.76. The highest BCUT2D eigenvalue weighted by Gasteiger charge is 2.04. The molecule has 0 fully saturated rings. The van der Waals surface area contributed by atoms with E-state index in [1.54, 1.807) is 0 Å². The summed E-state index contributed by atoms with van der Waals surface area (Å²) in [5.74, 6) is 0. The maximum absolute atomic E-state index is 8.87. The molecule has 0 atom stereocenters. The van der Waals surface area contributed by atoms with Gasteiger partial charge in [0.2, 0.25) is 0 Å². The fourth-order valence-electron chi connectivity index (χ4n) is 1.09. The van der Waals surface area contributed by atoms with Gasteiger partial charge in [0.25, 0.3) is 0 Å². The third-order valence-electron chi connectivity index (χ3n) is 1.84. The Labute approximate surface area is 86.1 Å². The van der Waals surface area contributed by atoms with E-state index >= 15 is 0 Å². The van der Waals surface area contributed by atoms with Gasteiger partial charge in [0, 0.05) is 11.6 Å². The van der Waals surface area contributed by atoms with Crippen LogP contribution in [0.5, 0.6) is 0 Å². The van der Waals surface area contributed by atoms with E-state index in [1.807, 2.05) is 30.6 Å². The summed E-state index contributed by atoms with van der Waals surface area (Å²) in [6, 6.07) is 3.94. The SMILES string of the molecule is Cc1ccc(-c2nc(CO)cs2)nc1. The summed E-state index contributed by atoms with van der Waals surface area (Å²) in [6.45, 7) is 1.99. The second-order valence-electron chi connectivity index (χ2n) is 3.02. The Morgan fingerprint density at radius 2 is 2.29 bits per heavy atom. The molecule has 0 aliphatic heterocycles. The second-order valence-corrected chi connectivity index (χ2v) is 3.88. The van der Waals surface area contributed by atoms with Crippen LogP contribution in [0.25, 0.3) is 10.7 Å². The molecule has 0 unspecified atom stereocenters. The molecule has 0 aromatic carbocycles. The number of hydrogen-bond acceptors (Lipinski definition) is 4. The quantitative estimate of drug-likeness (QED) is 0.817. The first-order valence-corrected chi connectivity index (χ1v) is 5.16. The molecule has 3 nitrogen and oxygen atoms in total. The Bertz CT molecular complexity index is 422. The normalized spacial score (nSPS) is 10.4. The second kappa shape index (κ2) is 3.86. The van der Waals surface area contributed by atoms with Gasteiger partial charge in [-0.2, -0.15) is 0 Å². The molecule has 0 aliphatic carbocycles. The van der Waals surface area contributed by atoms with Crippen molar-refractivity contribution in [3.63, 3.8) is 0 Å². The highest BCUT2D eigenvalue weighted by molar-refractivity contribution is 7.13. The van der Waals surface area contributed by atoms with E-state index < -0.39 is 0 Å². The van der Waals surface area contributed by atoms with Crippen LogP contribution >= 0.6 is 11.3 Å². The van der Waals surface area contributed by atoms with Gasteiger partial charge < -0.3 is 5.11 Å². The number of aryl methyl sites for hydroxylation is 1. The molecule has 0 saturated carbocycles. The van der Waals surface area contributed by atoms with Crippen LogP contribution in [0.3, 0.4) is 0 Å². The van der Waals surface area contributed by atoms with Crippen molar-refractivity contribution in [3.8, 4) is 10.7 Å². The number of rotatable bonds is 2. The molecule has 2 rings (SSSR count). The topological polar surface area (TPSA) is 46.0 Å². The number of hydrogen-bond donors (Lipinski definition) is 1. The predicted octanol–water partition coefficient (Wildman–Crippen LogP) is 2.01. The Morgan fingerprint density at radius 3 is 2.86 bits per heavy atom. The van der Waals surface area contributed by atoms with E-state index in [2.05, 4.69) is 9.97 Å². The van der Waals surface area contributed by atoms with E-state index in [0.29, 0.717) is 5.69 Å². The summed E-state index contributed by atoms with van der Waals surface area (Å²) < 4.78 is 0. The molecule has 0 aliphatic rings. The summed E-state index contributed by atoms with van der Waals surface area (Å²) in [4.78, 5) is 8.50. The fourth-order valence-corrected chi connectivity index (χ4v) is 1.88. The van der Waals surface area contributed by atoms with Gasteiger partial charge in [0.05, 0.1) is 18.0 Å². The molecular formula is C10H10N2OS. The molecular weight excluding hydrogens is 196 g/mol. The largest absolute Gasteiger partial charge is 0.390 e. The molecule has 2 heterocycles. The van der Waals surface area contributed by atoms with Crippen molar-refractivity contribution >= 4 is 11.3 Å². The van der Waals surface area contributed by atoms with Crippen molar-refractivity contribution in [2.24, 2.45) is 0 Å². The number of aromatic nitrogens is 2. The average molecular weight is 206 g/mol. The van der Waals surface area contributed by atoms with E-state index in [0.717, 1.165) is 16.3 Å². The van der Waals surface area contributed by atoms with Gasteiger partial charge >= 0.3 is 0 Å². The third kappa shape index (κ3) is 1.81. The molecule has 4 heteroatoms. The van der Waals surface area contributed by atoms with Crippen molar-refractivity contribution in [1.82, 2.24) is 9.97 Å². The van der Waals surface area contributed by atoms with Crippen molar-refractivity contribution in [3.05, 3.63) is 35.0 Å². The van der Waals surface area contributed by atoms with Crippen LogP contribution in [0, 0.1) is 6.92 Å². The number of pyridine rings is 1. The lowest BCUT2D eigenvalue weighted by Gasteiger charge is -1.95. The monoisotopic (exact) mass is 206 g/mol. The van der Waals surface area contributed by atoms with Gasteiger partial charge in [-0.05, 0) is 18.6 Å².